The SMILES string of the molecule is CCC(C)n1ncn(-c2ccc(NCCNc3ccc(OC[C@@H]4CO[C@@](CCl)(c5ccc(Cl)cc5Cl)O4)cc3)cc2)c1=O. The van der Waals surface area contributed by atoms with E-state index < -0.39 is 5.79 Å². The minimum Gasteiger partial charge on any atom is -0.491 e. The molecule has 0 bridgehead atoms. The van der Waals surface area contributed by atoms with Gasteiger partial charge in [-0.1, -0.05) is 36.2 Å². The highest BCUT2D eigenvalue weighted by Crippen LogP contribution is 2.40. The second kappa shape index (κ2) is 14.1. The maximum atomic E-state index is 12.6. The van der Waals surface area contributed by atoms with Crippen molar-refractivity contribution in [3.8, 4) is 11.4 Å². The molecule has 0 amide bonds. The van der Waals surface area contributed by atoms with Crippen molar-refractivity contribution in [3.05, 3.63) is 99.2 Å². The topological polar surface area (TPSA) is 91.6 Å². The van der Waals surface area contributed by atoms with Gasteiger partial charge in [-0.3, -0.25) is 0 Å². The molecule has 2 N–H and O–H groups in total. The quantitative estimate of drug-likeness (QED) is 0.123. The number of halogens is 3. The van der Waals surface area contributed by atoms with Crippen molar-refractivity contribution >= 4 is 46.2 Å². The first-order valence-corrected chi connectivity index (χ1v) is 15.4. The second-order valence-corrected chi connectivity index (χ2v) is 11.4. The fourth-order valence-corrected chi connectivity index (χ4v) is 5.55. The lowest BCUT2D eigenvalue weighted by molar-refractivity contribution is -0.161. The Balaban J connectivity index is 1.05. The summed E-state index contributed by atoms with van der Waals surface area (Å²) in [4.78, 5) is 12.6. The summed E-state index contributed by atoms with van der Waals surface area (Å²) in [6, 6.07) is 20.6. The first-order chi connectivity index (χ1) is 20.8. The number of aromatic nitrogens is 3. The lowest BCUT2D eigenvalue weighted by Crippen LogP contribution is -2.31. The smallest absolute Gasteiger partial charge is 0.350 e. The third-order valence-corrected chi connectivity index (χ3v) is 8.20. The van der Waals surface area contributed by atoms with Crippen LogP contribution in [0.3, 0.4) is 0 Å². The Morgan fingerprint density at radius 1 is 1.05 bits per heavy atom. The second-order valence-electron chi connectivity index (χ2n) is 10.3. The minimum atomic E-state index is -1.14. The number of ether oxygens (including phenoxy) is 3. The molecule has 5 rings (SSSR count). The molecule has 0 radical (unpaired) electrons. The molecule has 12 heteroatoms. The zero-order chi connectivity index (χ0) is 30.4. The van der Waals surface area contributed by atoms with E-state index in [1.165, 1.54) is 4.68 Å². The molecule has 3 aromatic carbocycles. The van der Waals surface area contributed by atoms with Gasteiger partial charge in [0, 0.05) is 35.1 Å². The maximum absolute atomic E-state index is 12.6. The van der Waals surface area contributed by atoms with Gasteiger partial charge >= 0.3 is 5.69 Å². The fourth-order valence-electron chi connectivity index (χ4n) is 4.71. The van der Waals surface area contributed by atoms with E-state index in [4.69, 9.17) is 49.0 Å². The molecule has 0 saturated carbocycles. The van der Waals surface area contributed by atoms with Gasteiger partial charge in [-0.2, -0.15) is 5.10 Å². The van der Waals surface area contributed by atoms with E-state index in [2.05, 4.69) is 15.7 Å². The van der Waals surface area contributed by atoms with Crippen LogP contribution in [0.5, 0.6) is 5.75 Å². The van der Waals surface area contributed by atoms with Gasteiger partial charge in [-0.15, -0.1) is 11.6 Å². The van der Waals surface area contributed by atoms with E-state index in [9.17, 15) is 4.79 Å². The van der Waals surface area contributed by atoms with Crippen molar-refractivity contribution in [3.63, 3.8) is 0 Å². The molecular formula is C31H34Cl3N5O4. The fraction of sp³-hybridized carbons (Fsp3) is 0.355. The van der Waals surface area contributed by atoms with Gasteiger partial charge < -0.3 is 24.8 Å². The predicted molar refractivity (Wildman–Crippen MR) is 171 cm³/mol. The van der Waals surface area contributed by atoms with Crippen LogP contribution < -0.4 is 21.1 Å². The number of alkyl halides is 1. The Labute approximate surface area is 265 Å². The zero-order valence-corrected chi connectivity index (χ0v) is 26.2. The number of anilines is 2. The molecule has 1 unspecified atom stereocenters. The van der Waals surface area contributed by atoms with Crippen LogP contribution in [0.2, 0.25) is 10.0 Å². The van der Waals surface area contributed by atoms with Crippen molar-refractivity contribution in [1.82, 2.24) is 14.3 Å². The first kappa shape index (κ1) is 31.2. The summed E-state index contributed by atoms with van der Waals surface area (Å²) in [5, 5.41) is 12.0. The van der Waals surface area contributed by atoms with Crippen LogP contribution >= 0.6 is 34.8 Å². The zero-order valence-electron chi connectivity index (χ0n) is 23.9. The maximum Gasteiger partial charge on any atom is 0.350 e. The Morgan fingerprint density at radius 3 is 2.35 bits per heavy atom. The summed E-state index contributed by atoms with van der Waals surface area (Å²) in [6.07, 6.45) is 2.10. The highest BCUT2D eigenvalue weighted by molar-refractivity contribution is 6.35. The van der Waals surface area contributed by atoms with Gasteiger partial charge in [0.1, 0.15) is 24.8 Å². The molecule has 1 aliphatic heterocycles. The molecular weight excluding hydrogens is 613 g/mol. The van der Waals surface area contributed by atoms with Gasteiger partial charge in [-0.25, -0.2) is 14.0 Å². The van der Waals surface area contributed by atoms with Gasteiger partial charge in [0.2, 0.25) is 5.79 Å². The number of hydrogen-bond acceptors (Lipinski definition) is 7. The Morgan fingerprint density at radius 2 is 1.72 bits per heavy atom. The summed E-state index contributed by atoms with van der Waals surface area (Å²) >= 11 is 18.6. The highest BCUT2D eigenvalue weighted by Gasteiger charge is 2.44. The third kappa shape index (κ3) is 7.30. The lowest BCUT2D eigenvalue weighted by atomic mass is 10.1. The molecule has 0 spiro atoms. The molecule has 9 nitrogen and oxygen atoms in total. The van der Waals surface area contributed by atoms with Crippen LogP contribution in [0, 0.1) is 0 Å². The number of benzene rings is 3. The number of rotatable bonds is 13. The van der Waals surface area contributed by atoms with Crippen LogP contribution in [-0.2, 0) is 15.3 Å². The van der Waals surface area contributed by atoms with Crippen LogP contribution in [0.15, 0.2) is 77.9 Å². The average molecular weight is 647 g/mol. The minimum absolute atomic E-state index is 0.0617. The Kier molecular flexibility index (Phi) is 10.2. The van der Waals surface area contributed by atoms with E-state index in [0.717, 1.165) is 23.5 Å². The van der Waals surface area contributed by atoms with E-state index >= 15 is 0 Å². The summed E-state index contributed by atoms with van der Waals surface area (Å²) in [7, 11) is 0. The Bertz CT molecular complexity index is 1560. The summed E-state index contributed by atoms with van der Waals surface area (Å²) in [5.74, 6) is -0.343. The van der Waals surface area contributed by atoms with Crippen molar-refractivity contribution in [2.45, 2.75) is 38.2 Å². The molecule has 0 aliphatic carbocycles. The van der Waals surface area contributed by atoms with Gasteiger partial charge in [0.15, 0.2) is 0 Å². The molecule has 43 heavy (non-hydrogen) atoms. The predicted octanol–water partition coefficient (Wildman–Crippen LogP) is 6.72. The molecule has 1 fully saturated rings. The average Bonchev–Trinajstić information content (AvgIpc) is 3.63. The third-order valence-electron chi connectivity index (χ3n) is 7.30. The van der Waals surface area contributed by atoms with Crippen molar-refractivity contribution < 1.29 is 14.2 Å². The monoisotopic (exact) mass is 645 g/mol. The lowest BCUT2D eigenvalue weighted by Gasteiger charge is -2.27. The number of hydrogen-bond donors (Lipinski definition) is 2. The van der Waals surface area contributed by atoms with Gasteiger partial charge in [0.25, 0.3) is 0 Å². The van der Waals surface area contributed by atoms with Crippen LogP contribution in [-0.4, -0.2) is 52.6 Å². The molecule has 4 aromatic rings. The molecule has 1 aliphatic rings. The Hall–Kier alpha value is -3.21. The van der Waals surface area contributed by atoms with Crippen molar-refractivity contribution in [1.29, 1.82) is 0 Å². The van der Waals surface area contributed by atoms with E-state index in [0.29, 0.717) is 47.7 Å². The normalized spacial score (nSPS) is 18.9. The van der Waals surface area contributed by atoms with E-state index in [1.807, 2.05) is 62.4 Å². The number of nitrogens with zero attached hydrogens (tertiary/aromatic N) is 3. The highest BCUT2D eigenvalue weighted by atomic mass is 35.5. The molecule has 2 heterocycles. The van der Waals surface area contributed by atoms with Crippen molar-refractivity contribution in [2.75, 3.05) is 42.8 Å². The van der Waals surface area contributed by atoms with E-state index in [1.54, 1.807) is 29.1 Å². The molecule has 3 atom stereocenters. The molecule has 228 valence electrons. The van der Waals surface area contributed by atoms with Crippen molar-refractivity contribution in [2.24, 2.45) is 0 Å². The van der Waals surface area contributed by atoms with Gasteiger partial charge in [-0.05, 0) is 74.0 Å². The summed E-state index contributed by atoms with van der Waals surface area (Å²) in [5.41, 5.74) is 3.22. The first-order valence-electron chi connectivity index (χ1n) is 14.1. The molecule has 1 aromatic heterocycles. The number of nitrogens with one attached hydrogen (secondary N) is 2. The van der Waals surface area contributed by atoms with Crippen LogP contribution in [0.4, 0.5) is 11.4 Å². The van der Waals surface area contributed by atoms with Gasteiger partial charge in [0.05, 0.1) is 29.2 Å². The van der Waals surface area contributed by atoms with E-state index in [-0.39, 0.29) is 23.7 Å². The standard InChI is InChI=1S/C31H34Cl3N5O4/c1-3-21(2)39-30(40)38(20-37-39)25-9-5-23(6-10-25)35-14-15-36-24-7-11-26(12-8-24)41-17-27-18-42-31(19-32,43-27)28-13-4-22(33)16-29(28)34/h4-13,16,20-21,27,35-36H,3,14-15,17-19H2,1-2H3/t21?,27-,31-/m1/s1. The van der Waals surface area contributed by atoms with Crippen LogP contribution in [0.1, 0.15) is 31.9 Å². The largest absolute Gasteiger partial charge is 0.491 e. The van der Waals surface area contributed by atoms with Crippen LogP contribution in [0.25, 0.3) is 5.69 Å². The summed E-state index contributed by atoms with van der Waals surface area (Å²) < 4.78 is 21.1. The molecule has 1 saturated heterocycles. The summed E-state index contributed by atoms with van der Waals surface area (Å²) in [6.45, 7) is 6.06.